The molecule has 1 heterocycles. The molecule has 19 heavy (non-hydrogen) atoms. The van der Waals surface area contributed by atoms with Gasteiger partial charge < -0.3 is 9.47 Å². The number of carbonyl (C=O) groups is 1. The Kier molecular flexibility index (Phi) is 4.30. The first-order valence-corrected chi connectivity index (χ1v) is 5.82. The van der Waals surface area contributed by atoms with Crippen LogP contribution in [0.25, 0.3) is 0 Å². The van der Waals surface area contributed by atoms with Crippen molar-refractivity contribution in [2.24, 2.45) is 0 Å². The molecule has 98 valence electrons. The molecule has 0 atom stereocenters. The average molecular weight is 279 g/mol. The molecule has 0 N–H and O–H groups in total. The molecule has 0 unspecified atom stereocenters. The lowest BCUT2D eigenvalue weighted by Gasteiger charge is -2.12. The summed E-state index contributed by atoms with van der Waals surface area (Å²) in [6, 6.07) is 3.08. The Hall–Kier alpha value is -2.14. The molecule has 0 saturated carbocycles. The van der Waals surface area contributed by atoms with Gasteiger partial charge in [-0.3, -0.25) is 14.8 Å². The zero-order valence-corrected chi connectivity index (χ0v) is 10.9. The van der Waals surface area contributed by atoms with Crippen molar-refractivity contribution in [2.75, 3.05) is 7.11 Å². The molecular weight excluding hydrogens is 268 g/mol. The molecule has 0 bridgehead atoms. The van der Waals surface area contributed by atoms with Gasteiger partial charge in [-0.2, -0.15) is 0 Å². The van der Waals surface area contributed by atoms with Crippen LogP contribution >= 0.6 is 11.6 Å². The molecule has 2 rings (SSSR count). The van der Waals surface area contributed by atoms with Crippen molar-refractivity contribution < 1.29 is 14.3 Å². The number of methoxy groups -OCH3 is 1. The van der Waals surface area contributed by atoms with E-state index >= 15 is 0 Å². The number of halogens is 1. The van der Waals surface area contributed by atoms with Gasteiger partial charge in [0.15, 0.2) is 11.5 Å². The molecule has 0 amide bonds. The van der Waals surface area contributed by atoms with Gasteiger partial charge in [0.1, 0.15) is 12.9 Å². The summed E-state index contributed by atoms with van der Waals surface area (Å²) in [5.41, 5.74) is 1.09. The van der Waals surface area contributed by atoms with Crippen LogP contribution < -0.4 is 9.47 Å². The fourth-order valence-electron chi connectivity index (χ4n) is 1.50. The minimum atomic E-state index is 0.213. The first-order valence-electron chi connectivity index (χ1n) is 5.45. The first-order chi connectivity index (χ1) is 9.24. The average Bonchev–Trinajstić information content (AvgIpc) is 2.46. The van der Waals surface area contributed by atoms with E-state index in [2.05, 4.69) is 9.97 Å². The molecule has 2 aromatic rings. The summed E-state index contributed by atoms with van der Waals surface area (Å²) in [6.07, 6.45) is 5.45. The van der Waals surface area contributed by atoms with E-state index in [-0.39, 0.29) is 6.61 Å². The van der Waals surface area contributed by atoms with Gasteiger partial charge in [-0.15, -0.1) is 0 Å². The maximum absolute atomic E-state index is 10.7. The Labute approximate surface area is 115 Å². The van der Waals surface area contributed by atoms with E-state index in [4.69, 9.17) is 21.1 Å². The van der Waals surface area contributed by atoms with Crippen molar-refractivity contribution in [3.8, 4) is 11.5 Å². The number of nitrogens with zero attached hydrogens (tertiary/aromatic N) is 2. The highest BCUT2D eigenvalue weighted by molar-refractivity contribution is 6.32. The largest absolute Gasteiger partial charge is 0.493 e. The lowest BCUT2D eigenvalue weighted by Crippen LogP contribution is -2.01. The summed E-state index contributed by atoms with van der Waals surface area (Å²) in [5, 5.41) is 0.311. The number of rotatable bonds is 5. The van der Waals surface area contributed by atoms with Gasteiger partial charge in [-0.1, -0.05) is 11.6 Å². The highest BCUT2D eigenvalue weighted by Crippen LogP contribution is 2.36. The molecule has 0 aliphatic heterocycles. The van der Waals surface area contributed by atoms with Crippen molar-refractivity contribution in [1.82, 2.24) is 9.97 Å². The number of hydrogen-bond donors (Lipinski definition) is 0. The zero-order valence-electron chi connectivity index (χ0n) is 10.2. The Morgan fingerprint density at radius 2 is 2.21 bits per heavy atom. The summed E-state index contributed by atoms with van der Waals surface area (Å²) in [7, 11) is 1.48. The fourth-order valence-corrected chi connectivity index (χ4v) is 1.77. The molecule has 0 aliphatic rings. The third kappa shape index (κ3) is 3.20. The van der Waals surface area contributed by atoms with Crippen LogP contribution in [0.5, 0.6) is 11.5 Å². The van der Waals surface area contributed by atoms with Crippen molar-refractivity contribution >= 4 is 17.9 Å². The van der Waals surface area contributed by atoms with Crippen molar-refractivity contribution in [3.05, 3.63) is 47.0 Å². The van der Waals surface area contributed by atoms with Gasteiger partial charge in [0.25, 0.3) is 0 Å². The van der Waals surface area contributed by atoms with Crippen LogP contribution in [0, 0.1) is 0 Å². The lowest BCUT2D eigenvalue weighted by molar-refractivity contribution is 0.112. The smallest absolute Gasteiger partial charge is 0.180 e. The molecule has 0 radical (unpaired) electrons. The van der Waals surface area contributed by atoms with Crippen LogP contribution in [-0.4, -0.2) is 23.4 Å². The fraction of sp³-hybridized carbons (Fsp3) is 0.154. The quantitative estimate of drug-likeness (QED) is 0.787. The van der Waals surface area contributed by atoms with Gasteiger partial charge in [0, 0.05) is 18.0 Å². The molecule has 1 aromatic heterocycles. The predicted molar refractivity (Wildman–Crippen MR) is 69.8 cm³/mol. The second-order valence-corrected chi connectivity index (χ2v) is 4.04. The maximum Gasteiger partial charge on any atom is 0.180 e. The summed E-state index contributed by atoms with van der Waals surface area (Å²) in [5.74, 6) is 0.777. The van der Waals surface area contributed by atoms with E-state index in [0.29, 0.717) is 34.1 Å². The van der Waals surface area contributed by atoms with Gasteiger partial charge in [0.05, 0.1) is 24.0 Å². The summed E-state index contributed by atoms with van der Waals surface area (Å²) in [4.78, 5) is 18.8. The highest BCUT2D eigenvalue weighted by atomic mass is 35.5. The Bertz CT molecular complexity index is 576. The minimum Gasteiger partial charge on any atom is -0.493 e. The number of carbonyl (C=O) groups excluding carboxylic acids is 1. The van der Waals surface area contributed by atoms with Gasteiger partial charge in [-0.25, -0.2) is 0 Å². The second-order valence-electron chi connectivity index (χ2n) is 3.64. The number of hydrogen-bond acceptors (Lipinski definition) is 5. The first kappa shape index (κ1) is 13.3. The zero-order chi connectivity index (χ0) is 13.7. The molecule has 0 aliphatic carbocycles. The molecule has 0 saturated heterocycles. The topological polar surface area (TPSA) is 61.3 Å². The Balaban J connectivity index is 2.22. The molecule has 6 heteroatoms. The van der Waals surface area contributed by atoms with Crippen LogP contribution in [0.15, 0.2) is 30.7 Å². The standard InChI is InChI=1S/C13H11ClN2O3/c1-18-12-5-9(7-17)4-11(14)13(12)19-8-10-6-15-2-3-16-10/h2-7H,8H2,1H3. The predicted octanol–water partition coefficient (Wildman–Crippen LogP) is 2.53. The van der Waals surface area contributed by atoms with E-state index in [1.54, 1.807) is 24.7 Å². The van der Waals surface area contributed by atoms with Crippen LogP contribution in [0.2, 0.25) is 5.02 Å². The van der Waals surface area contributed by atoms with Crippen molar-refractivity contribution in [2.45, 2.75) is 6.61 Å². The van der Waals surface area contributed by atoms with E-state index in [9.17, 15) is 4.79 Å². The number of ether oxygens (including phenoxy) is 2. The third-order valence-corrected chi connectivity index (χ3v) is 2.65. The van der Waals surface area contributed by atoms with Crippen molar-refractivity contribution in [3.63, 3.8) is 0 Å². The van der Waals surface area contributed by atoms with Gasteiger partial charge in [-0.05, 0) is 12.1 Å². The van der Waals surface area contributed by atoms with E-state index in [0.717, 1.165) is 0 Å². The molecule has 0 spiro atoms. The highest BCUT2D eigenvalue weighted by Gasteiger charge is 2.12. The monoisotopic (exact) mass is 278 g/mol. The Morgan fingerprint density at radius 1 is 1.37 bits per heavy atom. The van der Waals surface area contributed by atoms with Crippen LogP contribution in [0.1, 0.15) is 16.1 Å². The van der Waals surface area contributed by atoms with Crippen LogP contribution in [0.4, 0.5) is 0 Å². The van der Waals surface area contributed by atoms with Crippen molar-refractivity contribution in [1.29, 1.82) is 0 Å². The summed E-state index contributed by atoms with van der Waals surface area (Å²) in [6.45, 7) is 0.213. The van der Waals surface area contributed by atoms with E-state index in [1.165, 1.54) is 13.2 Å². The third-order valence-electron chi connectivity index (χ3n) is 2.37. The summed E-state index contributed by atoms with van der Waals surface area (Å²) >= 11 is 6.06. The number of benzene rings is 1. The second kappa shape index (κ2) is 6.15. The van der Waals surface area contributed by atoms with Crippen LogP contribution in [0.3, 0.4) is 0 Å². The normalized spacial score (nSPS) is 10.0. The maximum atomic E-state index is 10.7. The molecular formula is C13H11ClN2O3. The number of aldehydes is 1. The molecule has 0 fully saturated rings. The lowest BCUT2D eigenvalue weighted by atomic mass is 10.2. The van der Waals surface area contributed by atoms with E-state index in [1.807, 2.05) is 0 Å². The Morgan fingerprint density at radius 3 is 2.84 bits per heavy atom. The van der Waals surface area contributed by atoms with Crippen LogP contribution in [-0.2, 0) is 6.61 Å². The van der Waals surface area contributed by atoms with E-state index < -0.39 is 0 Å². The van der Waals surface area contributed by atoms with Gasteiger partial charge >= 0.3 is 0 Å². The number of aromatic nitrogens is 2. The SMILES string of the molecule is COc1cc(C=O)cc(Cl)c1OCc1cnccn1. The van der Waals surface area contributed by atoms with Gasteiger partial charge in [0.2, 0.25) is 0 Å². The summed E-state index contributed by atoms with van der Waals surface area (Å²) < 4.78 is 10.7. The molecule has 5 nitrogen and oxygen atoms in total. The minimum absolute atomic E-state index is 0.213. The molecule has 1 aromatic carbocycles.